The number of hydrogen-bond acceptors (Lipinski definition) is 4. The fourth-order valence-electron chi connectivity index (χ4n) is 3.04. The highest BCUT2D eigenvalue weighted by molar-refractivity contribution is 9.10. The minimum atomic E-state index is 0. The average molecular weight is 434 g/mol. The molecular weight excluding hydrogens is 408 g/mol. The van der Waals surface area contributed by atoms with E-state index in [-0.39, 0.29) is 24.4 Å². The zero-order valence-electron chi connectivity index (χ0n) is 14.5. The molecular formula is C18H26BrClN2O3. The Morgan fingerprint density at radius 1 is 1.44 bits per heavy atom. The number of ether oxygens (including phenoxy) is 2. The second kappa shape index (κ2) is 9.76. The highest BCUT2D eigenvalue weighted by Gasteiger charge is 2.34. The summed E-state index contributed by atoms with van der Waals surface area (Å²) >= 11 is 3.52. The molecule has 1 aliphatic heterocycles. The lowest BCUT2D eigenvalue weighted by Gasteiger charge is -2.28. The van der Waals surface area contributed by atoms with Crippen molar-refractivity contribution in [3.63, 3.8) is 0 Å². The van der Waals surface area contributed by atoms with Gasteiger partial charge in [0.1, 0.15) is 5.75 Å². The van der Waals surface area contributed by atoms with Crippen molar-refractivity contribution in [1.29, 1.82) is 0 Å². The van der Waals surface area contributed by atoms with Crippen molar-refractivity contribution in [2.24, 2.45) is 0 Å². The van der Waals surface area contributed by atoms with E-state index in [0.29, 0.717) is 32.2 Å². The average Bonchev–Trinajstić information content (AvgIpc) is 3.40. The zero-order chi connectivity index (χ0) is 16.9. The Balaban J connectivity index is 0.00000225. The Bertz CT molecular complexity index is 577. The van der Waals surface area contributed by atoms with Crippen LogP contribution in [0.2, 0.25) is 0 Å². The van der Waals surface area contributed by atoms with Crippen LogP contribution in [0.25, 0.3) is 0 Å². The quantitative estimate of drug-likeness (QED) is 0.718. The number of nitrogens with zero attached hydrogens (tertiary/aromatic N) is 1. The first-order valence-electron chi connectivity index (χ1n) is 8.69. The van der Waals surface area contributed by atoms with Gasteiger partial charge < -0.3 is 19.7 Å². The topological polar surface area (TPSA) is 50.8 Å². The maximum atomic E-state index is 12.8. The van der Waals surface area contributed by atoms with Crippen LogP contribution in [0.1, 0.15) is 31.7 Å². The van der Waals surface area contributed by atoms with Crippen molar-refractivity contribution < 1.29 is 14.3 Å². The summed E-state index contributed by atoms with van der Waals surface area (Å²) in [5.41, 5.74) is 1.05. The van der Waals surface area contributed by atoms with Gasteiger partial charge in [0.25, 0.3) is 0 Å². The van der Waals surface area contributed by atoms with Gasteiger partial charge in [-0.2, -0.15) is 0 Å². The lowest BCUT2D eigenvalue weighted by atomic mass is 10.1. The van der Waals surface area contributed by atoms with Gasteiger partial charge in [0.05, 0.1) is 19.8 Å². The smallest absolute Gasteiger partial charge is 0.224 e. The molecule has 1 aromatic carbocycles. The summed E-state index contributed by atoms with van der Waals surface area (Å²) in [7, 11) is 0. The minimum absolute atomic E-state index is 0. The molecule has 1 aliphatic carbocycles. The number of halogens is 2. The van der Waals surface area contributed by atoms with Gasteiger partial charge in [-0.3, -0.25) is 4.79 Å². The van der Waals surface area contributed by atoms with Gasteiger partial charge in [-0.05, 0) is 38.0 Å². The molecule has 1 aromatic rings. The normalized spacial score (nSPS) is 19.8. The molecule has 2 aliphatic rings. The number of amides is 1. The molecule has 1 heterocycles. The summed E-state index contributed by atoms with van der Waals surface area (Å²) in [6.07, 6.45) is 2.69. The van der Waals surface area contributed by atoms with E-state index in [0.717, 1.165) is 41.8 Å². The number of carbonyl (C=O) groups excluding carboxylic acids is 1. The van der Waals surface area contributed by atoms with Crippen molar-refractivity contribution in [1.82, 2.24) is 10.2 Å². The highest BCUT2D eigenvalue weighted by atomic mass is 79.9. The standard InChI is InChI=1S/C18H25BrN2O3.ClH/c1-2-24-17-6-3-14(19)9-13(17)11-21(16-4-5-16)18(22)10-15-12-23-8-7-20-15;/h3,6,9,15-16,20H,2,4-5,7-8,10-12H2,1H3;1H. The Labute approximate surface area is 164 Å². The lowest BCUT2D eigenvalue weighted by molar-refractivity contribution is -0.133. The fourth-order valence-corrected chi connectivity index (χ4v) is 3.45. The maximum absolute atomic E-state index is 12.8. The van der Waals surface area contributed by atoms with Gasteiger partial charge in [-0.25, -0.2) is 0 Å². The van der Waals surface area contributed by atoms with E-state index in [1.165, 1.54) is 0 Å². The Hall–Kier alpha value is -0.820. The molecule has 2 fully saturated rings. The summed E-state index contributed by atoms with van der Waals surface area (Å²) in [6, 6.07) is 6.49. The molecule has 1 saturated carbocycles. The molecule has 3 rings (SSSR count). The number of rotatable bonds is 7. The molecule has 5 nitrogen and oxygen atoms in total. The summed E-state index contributed by atoms with van der Waals surface area (Å²) in [4.78, 5) is 14.8. The molecule has 7 heteroatoms. The van der Waals surface area contributed by atoms with Gasteiger partial charge >= 0.3 is 0 Å². The highest BCUT2D eigenvalue weighted by Crippen LogP contribution is 2.32. The van der Waals surface area contributed by atoms with E-state index in [2.05, 4.69) is 27.3 Å². The molecule has 0 radical (unpaired) electrons. The molecule has 1 saturated heterocycles. The third-order valence-electron chi connectivity index (χ3n) is 4.39. The number of nitrogens with one attached hydrogen (secondary N) is 1. The number of morpholine rings is 1. The van der Waals surface area contributed by atoms with Gasteiger partial charge in [0.15, 0.2) is 0 Å². The van der Waals surface area contributed by atoms with Crippen LogP contribution in [0.5, 0.6) is 5.75 Å². The third kappa shape index (κ3) is 5.84. The van der Waals surface area contributed by atoms with Crippen molar-refractivity contribution in [3.8, 4) is 5.75 Å². The van der Waals surface area contributed by atoms with Crippen molar-refractivity contribution >= 4 is 34.2 Å². The fraction of sp³-hybridized carbons (Fsp3) is 0.611. The van der Waals surface area contributed by atoms with Crippen LogP contribution in [0.4, 0.5) is 0 Å². The Morgan fingerprint density at radius 3 is 2.88 bits per heavy atom. The number of carbonyl (C=O) groups is 1. The van der Waals surface area contributed by atoms with Crippen molar-refractivity contribution in [3.05, 3.63) is 28.2 Å². The molecule has 0 aromatic heterocycles. The van der Waals surface area contributed by atoms with Crippen LogP contribution in [0, 0.1) is 0 Å². The Kier molecular flexibility index (Phi) is 8.00. The SMILES string of the molecule is CCOc1ccc(Br)cc1CN(C(=O)CC1COCCN1)C1CC1.Cl. The number of benzene rings is 1. The van der Waals surface area contributed by atoms with Crippen molar-refractivity contribution in [2.75, 3.05) is 26.4 Å². The second-order valence-corrected chi connectivity index (χ2v) is 7.28. The molecule has 1 N–H and O–H groups in total. The molecule has 1 atom stereocenters. The van der Waals surface area contributed by atoms with E-state index in [9.17, 15) is 4.79 Å². The predicted octanol–water partition coefficient (Wildman–Crippen LogP) is 3.14. The van der Waals surface area contributed by atoms with Crippen molar-refractivity contribution in [2.45, 2.75) is 44.8 Å². The zero-order valence-corrected chi connectivity index (χ0v) is 16.9. The number of hydrogen-bond donors (Lipinski definition) is 1. The molecule has 140 valence electrons. The monoisotopic (exact) mass is 432 g/mol. The second-order valence-electron chi connectivity index (χ2n) is 6.37. The first-order chi connectivity index (χ1) is 11.7. The summed E-state index contributed by atoms with van der Waals surface area (Å²) in [5.74, 6) is 1.06. The van der Waals surface area contributed by atoms with Gasteiger partial charge in [0.2, 0.25) is 5.91 Å². The van der Waals surface area contributed by atoms with Crippen LogP contribution in [0.3, 0.4) is 0 Å². The van der Waals surface area contributed by atoms with Crippen LogP contribution in [-0.4, -0.2) is 49.3 Å². The largest absolute Gasteiger partial charge is 0.494 e. The lowest BCUT2D eigenvalue weighted by Crippen LogP contribution is -2.45. The molecule has 1 unspecified atom stereocenters. The van der Waals surface area contributed by atoms with Crippen LogP contribution in [-0.2, 0) is 16.1 Å². The van der Waals surface area contributed by atoms with E-state index in [4.69, 9.17) is 9.47 Å². The predicted molar refractivity (Wildman–Crippen MR) is 103 cm³/mol. The molecule has 0 spiro atoms. The Morgan fingerprint density at radius 2 is 2.24 bits per heavy atom. The van der Waals surface area contributed by atoms with E-state index >= 15 is 0 Å². The molecule has 25 heavy (non-hydrogen) atoms. The summed E-state index contributed by atoms with van der Waals surface area (Å²) in [6.45, 7) is 5.37. The molecule has 1 amide bonds. The van der Waals surface area contributed by atoms with Gasteiger partial charge in [-0.1, -0.05) is 15.9 Å². The van der Waals surface area contributed by atoms with E-state index in [1.54, 1.807) is 0 Å². The minimum Gasteiger partial charge on any atom is -0.494 e. The maximum Gasteiger partial charge on any atom is 0.224 e. The van der Waals surface area contributed by atoms with Crippen LogP contribution < -0.4 is 10.1 Å². The van der Waals surface area contributed by atoms with E-state index in [1.807, 2.05) is 24.0 Å². The van der Waals surface area contributed by atoms with Gasteiger partial charge in [-0.15, -0.1) is 12.4 Å². The van der Waals surface area contributed by atoms with E-state index < -0.39 is 0 Å². The molecule has 0 bridgehead atoms. The first-order valence-corrected chi connectivity index (χ1v) is 9.48. The van der Waals surface area contributed by atoms with Gasteiger partial charge in [0, 0.05) is 41.6 Å². The first kappa shape index (κ1) is 20.5. The van der Waals surface area contributed by atoms with Crippen LogP contribution in [0.15, 0.2) is 22.7 Å². The summed E-state index contributed by atoms with van der Waals surface area (Å²) in [5, 5.41) is 3.36. The third-order valence-corrected chi connectivity index (χ3v) is 4.88. The summed E-state index contributed by atoms with van der Waals surface area (Å²) < 4.78 is 12.2. The van der Waals surface area contributed by atoms with Crippen LogP contribution >= 0.6 is 28.3 Å².